The maximum Gasteiger partial charge on any atom is 0.119 e. The summed E-state index contributed by atoms with van der Waals surface area (Å²) in [5, 5.41) is 3.43. The van der Waals surface area contributed by atoms with Crippen LogP contribution in [0.1, 0.15) is 58.1 Å². The molecule has 0 aliphatic rings. The molecule has 0 amide bonds. The van der Waals surface area contributed by atoms with E-state index in [9.17, 15) is 0 Å². The highest BCUT2D eigenvalue weighted by molar-refractivity contribution is 5.36. The van der Waals surface area contributed by atoms with E-state index in [-0.39, 0.29) is 0 Å². The van der Waals surface area contributed by atoms with Gasteiger partial charge in [0.15, 0.2) is 0 Å². The van der Waals surface area contributed by atoms with Crippen LogP contribution in [0.4, 0.5) is 0 Å². The van der Waals surface area contributed by atoms with Crippen molar-refractivity contribution >= 4 is 0 Å². The minimum Gasteiger partial charge on any atom is -0.492 e. The predicted octanol–water partition coefficient (Wildman–Crippen LogP) is 4.52. The van der Waals surface area contributed by atoms with Gasteiger partial charge in [-0.2, -0.15) is 0 Å². The largest absolute Gasteiger partial charge is 0.492 e. The van der Waals surface area contributed by atoms with Gasteiger partial charge in [0.05, 0.1) is 0 Å². The fourth-order valence-corrected chi connectivity index (χ4v) is 2.22. The lowest BCUT2D eigenvalue weighted by atomic mass is 9.92. The standard InChI is InChI=1S/C18H31NO/c1-14(2)17-8-7-16(13-15(17)3)20-12-11-19-10-9-18(4,5)6/h7-8,13-14,19H,9-12H2,1-6H3. The summed E-state index contributed by atoms with van der Waals surface area (Å²) < 4.78 is 5.79. The van der Waals surface area contributed by atoms with Crippen molar-refractivity contribution < 1.29 is 4.74 Å². The van der Waals surface area contributed by atoms with Crippen LogP contribution in [0, 0.1) is 12.3 Å². The van der Waals surface area contributed by atoms with Crippen LogP contribution in [0.5, 0.6) is 5.75 Å². The lowest BCUT2D eigenvalue weighted by Crippen LogP contribution is -2.25. The molecular formula is C18H31NO. The first-order valence-corrected chi connectivity index (χ1v) is 7.73. The van der Waals surface area contributed by atoms with Gasteiger partial charge < -0.3 is 10.1 Å². The van der Waals surface area contributed by atoms with Crippen molar-refractivity contribution in [2.75, 3.05) is 19.7 Å². The van der Waals surface area contributed by atoms with Crippen molar-refractivity contribution in [3.63, 3.8) is 0 Å². The monoisotopic (exact) mass is 277 g/mol. The Morgan fingerprint density at radius 3 is 2.40 bits per heavy atom. The zero-order chi connectivity index (χ0) is 15.2. The quantitative estimate of drug-likeness (QED) is 0.740. The second kappa shape index (κ2) is 7.68. The maximum atomic E-state index is 5.79. The number of rotatable bonds is 7. The van der Waals surface area contributed by atoms with Crippen LogP contribution in [0.3, 0.4) is 0 Å². The van der Waals surface area contributed by atoms with Gasteiger partial charge in [-0.05, 0) is 54.5 Å². The number of ether oxygens (including phenoxy) is 1. The number of nitrogens with one attached hydrogen (secondary N) is 1. The van der Waals surface area contributed by atoms with Crippen LogP contribution in [0.2, 0.25) is 0 Å². The normalized spacial score (nSPS) is 11.9. The molecule has 1 N–H and O–H groups in total. The number of hydrogen-bond donors (Lipinski definition) is 1. The fourth-order valence-electron chi connectivity index (χ4n) is 2.22. The molecule has 2 heteroatoms. The van der Waals surface area contributed by atoms with Gasteiger partial charge in [-0.25, -0.2) is 0 Å². The summed E-state index contributed by atoms with van der Waals surface area (Å²) in [6.45, 7) is 16.1. The summed E-state index contributed by atoms with van der Waals surface area (Å²) in [4.78, 5) is 0. The third-order valence-electron chi connectivity index (χ3n) is 3.46. The minimum atomic E-state index is 0.400. The average Bonchev–Trinajstić information content (AvgIpc) is 2.32. The molecule has 0 bridgehead atoms. The van der Waals surface area contributed by atoms with Crippen molar-refractivity contribution in [3.8, 4) is 5.75 Å². The summed E-state index contributed by atoms with van der Waals surface area (Å²) >= 11 is 0. The van der Waals surface area contributed by atoms with Crippen LogP contribution in [-0.4, -0.2) is 19.7 Å². The van der Waals surface area contributed by atoms with E-state index >= 15 is 0 Å². The van der Waals surface area contributed by atoms with Crippen LogP contribution >= 0.6 is 0 Å². The van der Waals surface area contributed by atoms with Gasteiger partial charge in [0.25, 0.3) is 0 Å². The molecule has 1 aromatic carbocycles. The van der Waals surface area contributed by atoms with Crippen molar-refractivity contribution in [2.45, 2.75) is 53.9 Å². The van der Waals surface area contributed by atoms with E-state index in [1.54, 1.807) is 0 Å². The minimum absolute atomic E-state index is 0.400. The summed E-state index contributed by atoms with van der Waals surface area (Å²) in [6.07, 6.45) is 1.19. The number of hydrogen-bond acceptors (Lipinski definition) is 2. The first-order valence-electron chi connectivity index (χ1n) is 7.73. The second-order valence-electron chi connectivity index (χ2n) is 7.08. The molecular weight excluding hydrogens is 246 g/mol. The van der Waals surface area contributed by atoms with Crippen molar-refractivity contribution in [2.24, 2.45) is 5.41 Å². The Balaban J connectivity index is 2.27. The first kappa shape index (κ1) is 17.0. The Bertz CT molecular complexity index is 404. The third-order valence-corrected chi connectivity index (χ3v) is 3.46. The van der Waals surface area contributed by atoms with E-state index < -0.39 is 0 Å². The summed E-state index contributed by atoms with van der Waals surface area (Å²) in [6, 6.07) is 6.41. The van der Waals surface area contributed by atoms with Gasteiger partial charge in [-0.15, -0.1) is 0 Å². The molecule has 0 saturated heterocycles. The molecule has 0 aliphatic heterocycles. The number of benzene rings is 1. The zero-order valence-corrected chi connectivity index (χ0v) is 14.0. The molecule has 0 spiro atoms. The molecule has 0 radical (unpaired) electrons. The third kappa shape index (κ3) is 6.42. The Kier molecular flexibility index (Phi) is 6.54. The molecule has 1 rings (SSSR count). The molecule has 20 heavy (non-hydrogen) atoms. The fraction of sp³-hybridized carbons (Fsp3) is 0.667. The molecule has 0 aliphatic carbocycles. The molecule has 114 valence electrons. The van der Waals surface area contributed by atoms with Crippen molar-refractivity contribution in [3.05, 3.63) is 29.3 Å². The van der Waals surface area contributed by atoms with Gasteiger partial charge in [-0.3, -0.25) is 0 Å². The molecule has 0 unspecified atom stereocenters. The summed E-state index contributed by atoms with van der Waals surface area (Å²) in [7, 11) is 0. The highest BCUT2D eigenvalue weighted by Crippen LogP contribution is 2.23. The second-order valence-corrected chi connectivity index (χ2v) is 7.08. The van der Waals surface area contributed by atoms with Crippen molar-refractivity contribution in [1.82, 2.24) is 5.32 Å². The van der Waals surface area contributed by atoms with E-state index in [1.165, 1.54) is 17.5 Å². The Morgan fingerprint density at radius 1 is 1.15 bits per heavy atom. The molecule has 1 aromatic rings. The lowest BCUT2D eigenvalue weighted by molar-refractivity contribution is 0.304. The van der Waals surface area contributed by atoms with E-state index in [2.05, 4.69) is 65.1 Å². The Hall–Kier alpha value is -1.02. The Labute approximate surface area is 124 Å². The zero-order valence-electron chi connectivity index (χ0n) is 14.0. The topological polar surface area (TPSA) is 21.3 Å². The SMILES string of the molecule is Cc1cc(OCCNCCC(C)(C)C)ccc1C(C)C. The van der Waals surface area contributed by atoms with Crippen LogP contribution in [0.15, 0.2) is 18.2 Å². The molecule has 0 aromatic heterocycles. The van der Waals surface area contributed by atoms with Crippen LogP contribution < -0.4 is 10.1 Å². The smallest absolute Gasteiger partial charge is 0.119 e. The van der Waals surface area contributed by atoms with E-state index in [1.807, 2.05) is 0 Å². The Morgan fingerprint density at radius 2 is 1.85 bits per heavy atom. The predicted molar refractivity (Wildman–Crippen MR) is 87.7 cm³/mol. The molecule has 0 atom stereocenters. The van der Waals surface area contributed by atoms with E-state index in [4.69, 9.17) is 4.74 Å². The molecule has 0 saturated carbocycles. The maximum absolute atomic E-state index is 5.79. The molecule has 2 nitrogen and oxygen atoms in total. The highest BCUT2D eigenvalue weighted by Gasteiger charge is 2.08. The first-order chi connectivity index (χ1) is 9.29. The molecule has 0 heterocycles. The lowest BCUT2D eigenvalue weighted by Gasteiger charge is -2.18. The van der Waals surface area contributed by atoms with E-state index in [0.717, 1.165) is 25.4 Å². The van der Waals surface area contributed by atoms with Crippen LogP contribution in [-0.2, 0) is 0 Å². The van der Waals surface area contributed by atoms with Crippen molar-refractivity contribution in [1.29, 1.82) is 0 Å². The van der Waals surface area contributed by atoms with E-state index in [0.29, 0.717) is 11.3 Å². The summed E-state index contributed by atoms with van der Waals surface area (Å²) in [5.74, 6) is 1.55. The molecule has 0 fully saturated rings. The van der Waals surface area contributed by atoms with Gasteiger partial charge in [0.2, 0.25) is 0 Å². The highest BCUT2D eigenvalue weighted by atomic mass is 16.5. The number of aryl methyl sites for hydroxylation is 1. The van der Waals surface area contributed by atoms with Gasteiger partial charge in [-0.1, -0.05) is 40.7 Å². The summed E-state index contributed by atoms with van der Waals surface area (Å²) in [5.41, 5.74) is 3.12. The van der Waals surface area contributed by atoms with Gasteiger partial charge >= 0.3 is 0 Å². The van der Waals surface area contributed by atoms with Gasteiger partial charge in [0.1, 0.15) is 12.4 Å². The van der Waals surface area contributed by atoms with Gasteiger partial charge in [0, 0.05) is 6.54 Å². The van der Waals surface area contributed by atoms with Crippen LogP contribution in [0.25, 0.3) is 0 Å². The average molecular weight is 277 g/mol.